The SMILES string of the molecule is CC(=O)/C(=C(/C)N)c1ccc([N+](=O)[O-])cc1. The fourth-order valence-electron chi connectivity index (χ4n) is 1.46. The quantitative estimate of drug-likeness (QED) is 0.478. The topological polar surface area (TPSA) is 86.2 Å². The highest BCUT2D eigenvalue weighted by Gasteiger charge is 2.11. The van der Waals surface area contributed by atoms with Gasteiger partial charge in [-0.2, -0.15) is 0 Å². The summed E-state index contributed by atoms with van der Waals surface area (Å²) in [5, 5.41) is 10.5. The Morgan fingerprint density at radius 3 is 2.06 bits per heavy atom. The highest BCUT2D eigenvalue weighted by molar-refractivity contribution is 6.20. The molecule has 0 fully saturated rings. The number of nitrogens with two attached hydrogens (primary N) is 1. The highest BCUT2D eigenvalue weighted by atomic mass is 16.6. The molecule has 0 heterocycles. The largest absolute Gasteiger partial charge is 0.402 e. The van der Waals surface area contributed by atoms with E-state index in [4.69, 9.17) is 5.73 Å². The third-order valence-electron chi connectivity index (χ3n) is 2.11. The van der Waals surface area contributed by atoms with E-state index in [9.17, 15) is 14.9 Å². The van der Waals surface area contributed by atoms with Crippen molar-refractivity contribution < 1.29 is 9.72 Å². The molecule has 0 aliphatic carbocycles. The Morgan fingerprint density at radius 2 is 1.75 bits per heavy atom. The number of hydrogen-bond acceptors (Lipinski definition) is 4. The van der Waals surface area contributed by atoms with E-state index in [2.05, 4.69) is 0 Å². The Balaban J connectivity index is 3.20. The molecule has 0 aromatic heterocycles. The molecule has 0 radical (unpaired) electrons. The van der Waals surface area contributed by atoms with Crippen LogP contribution in [-0.4, -0.2) is 10.7 Å². The van der Waals surface area contributed by atoms with Crippen molar-refractivity contribution in [1.82, 2.24) is 0 Å². The van der Waals surface area contributed by atoms with Gasteiger partial charge in [0.25, 0.3) is 5.69 Å². The van der Waals surface area contributed by atoms with Crippen molar-refractivity contribution in [2.24, 2.45) is 5.73 Å². The Morgan fingerprint density at radius 1 is 1.25 bits per heavy atom. The Bertz CT molecular complexity index is 457. The lowest BCUT2D eigenvalue weighted by molar-refractivity contribution is -0.384. The molecule has 1 rings (SSSR count). The normalized spacial score (nSPS) is 11.9. The van der Waals surface area contributed by atoms with E-state index >= 15 is 0 Å². The van der Waals surface area contributed by atoms with E-state index in [1.807, 2.05) is 0 Å². The van der Waals surface area contributed by atoms with Crippen LogP contribution in [0.15, 0.2) is 30.0 Å². The van der Waals surface area contributed by atoms with Gasteiger partial charge in [-0.15, -0.1) is 0 Å². The van der Waals surface area contributed by atoms with Crippen LogP contribution in [0.3, 0.4) is 0 Å². The summed E-state index contributed by atoms with van der Waals surface area (Å²) in [6.45, 7) is 3.03. The van der Waals surface area contributed by atoms with E-state index in [-0.39, 0.29) is 11.5 Å². The zero-order valence-electron chi connectivity index (χ0n) is 9.06. The lowest BCUT2D eigenvalue weighted by atomic mass is 10.0. The van der Waals surface area contributed by atoms with Crippen LogP contribution in [0.25, 0.3) is 5.57 Å². The summed E-state index contributed by atoms with van der Waals surface area (Å²) in [4.78, 5) is 21.3. The first-order valence-electron chi connectivity index (χ1n) is 4.65. The molecule has 0 saturated heterocycles. The molecule has 0 aliphatic rings. The Kier molecular flexibility index (Phi) is 3.40. The van der Waals surface area contributed by atoms with Crippen molar-refractivity contribution in [1.29, 1.82) is 0 Å². The first-order chi connectivity index (χ1) is 7.43. The number of nitro groups is 1. The van der Waals surface area contributed by atoms with Gasteiger partial charge in [-0.25, -0.2) is 0 Å². The summed E-state index contributed by atoms with van der Waals surface area (Å²) in [5.41, 5.74) is 6.98. The number of Topliss-reactive ketones (excluding diaryl/α,β-unsaturated/α-hetero) is 1. The molecular weight excluding hydrogens is 208 g/mol. The number of carbonyl (C=O) groups excluding carboxylic acids is 1. The molecule has 16 heavy (non-hydrogen) atoms. The average molecular weight is 220 g/mol. The molecule has 2 N–H and O–H groups in total. The van der Waals surface area contributed by atoms with Crippen molar-refractivity contribution in [3.8, 4) is 0 Å². The van der Waals surface area contributed by atoms with Crippen molar-refractivity contribution in [3.05, 3.63) is 45.6 Å². The third kappa shape index (κ3) is 2.44. The number of non-ortho nitro benzene ring substituents is 1. The average Bonchev–Trinajstić information content (AvgIpc) is 2.17. The molecule has 0 amide bonds. The third-order valence-corrected chi connectivity index (χ3v) is 2.11. The molecule has 5 heteroatoms. The molecule has 84 valence electrons. The number of hydrogen-bond donors (Lipinski definition) is 1. The summed E-state index contributed by atoms with van der Waals surface area (Å²) in [5.74, 6) is -0.158. The molecule has 1 aromatic rings. The van der Waals surface area contributed by atoms with E-state index < -0.39 is 4.92 Å². The Labute approximate surface area is 92.7 Å². The van der Waals surface area contributed by atoms with E-state index in [0.717, 1.165) is 0 Å². The first-order valence-corrected chi connectivity index (χ1v) is 4.65. The molecule has 5 nitrogen and oxygen atoms in total. The van der Waals surface area contributed by atoms with Crippen LogP contribution in [0.4, 0.5) is 5.69 Å². The number of carbonyl (C=O) groups is 1. The van der Waals surface area contributed by atoms with Gasteiger partial charge in [0, 0.05) is 23.4 Å². The molecule has 0 atom stereocenters. The van der Waals surface area contributed by atoms with E-state index in [1.165, 1.54) is 31.2 Å². The van der Waals surface area contributed by atoms with Gasteiger partial charge < -0.3 is 5.73 Å². The van der Waals surface area contributed by atoms with Gasteiger partial charge >= 0.3 is 0 Å². The molecule has 1 aromatic carbocycles. The number of nitrogens with zero attached hydrogens (tertiary/aromatic N) is 1. The lowest BCUT2D eigenvalue weighted by Crippen LogP contribution is -2.05. The predicted octanol–water partition coefficient (Wildman–Crippen LogP) is 1.87. The van der Waals surface area contributed by atoms with Crippen LogP contribution in [0, 0.1) is 10.1 Å². The van der Waals surface area contributed by atoms with Crippen LogP contribution in [-0.2, 0) is 4.79 Å². The van der Waals surface area contributed by atoms with Gasteiger partial charge in [-0.3, -0.25) is 14.9 Å². The summed E-state index contributed by atoms with van der Waals surface area (Å²) < 4.78 is 0. The summed E-state index contributed by atoms with van der Waals surface area (Å²) in [6.07, 6.45) is 0. The zero-order chi connectivity index (χ0) is 12.3. The molecule has 0 saturated carbocycles. The van der Waals surface area contributed by atoms with Gasteiger partial charge in [0.05, 0.1) is 4.92 Å². The minimum absolute atomic E-state index is 0.0127. The molecule has 0 bridgehead atoms. The van der Waals surface area contributed by atoms with Crippen molar-refractivity contribution in [2.45, 2.75) is 13.8 Å². The number of rotatable bonds is 3. The number of nitro benzene ring substituents is 1. The minimum Gasteiger partial charge on any atom is -0.402 e. The van der Waals surface area contributed by atoms with Crippen LogP contribution < -0.4 is 5.73 Å². The van der Waals surface area contributed by atoms with Gasteiger partial charge in [-0.05, 0) is 31.5 Å². The second-order valence-electron chi connectivity index (χ2n) is 3.42. The molecule has 0 spiro atoms. The second kappa shape index (κ2) is 4.57. The van der Waals surface area contributed by atoms with Gasteiger partial charge in [0.15, 0.2) is 5.78 Å². The minimum atomic E-state index is -0.490. The van der Waals surface area contributed by atoms with Crippen molar-refractivity contribution in [2.75, 3.05) is 0 Å². The number of ketones is 1. The van der Waals surface area contributed by atoms with Gasteiger partial charge in [0.2, 0.25) is 0 Å². The first kappa shape index (κ1) is 11.9. The molecule has 0 aliphatic heterocycles. The van der Waals surface area contributed by atoms with Crippen LogP contribution in [0.2, 0.25) is 0 Å². The van der Waals surface area contributed by atoms with Crippen LogP contribution >= 0.6 is 0 Å². The zero-order valence-corrected chi connectivity index (χ0v) is 9.06. The van der Waals surface area contributed by atoms with Crippen LogP contribution in [0.5, 0.6) is 0 Å². The fraction of sp³-hybridized carbons (Fsp3) is 0.182. The standard InChI is InChI=1S/C11H12N2O3/c1-7(12)11(8(2)14)9-3-5-10(6-4-9)13(15)16/h3-6H,12H2,1-2H3/b11-7+. The predicted molar refractivity (Wildman–Crippen MR) is 60.6 cm³/mol. The van der Waals surface area contributed by atoms with Gasteiger partial charge in [-0.1, -0.05) is 0 Å². The lowest BCUT2D eigenvalue weighted by Gasteiger charge is -2.05. The maximum atomic E-state index is 11.3. The van der Waals surface area contributed by atoms with Crippen molar-refractivity contribution in [3.63, 3.8) is 0 Å². The highest BCUT2D eigenvalue weighted by Crippen LogP contribution is 2.20. The number of allylic oxidation sites excluding steroid dienone is 2. The monoisotopic (exact) mass is 220 g/mol. The van der Waals surface area contributed by atoms with E-state index in [0.29, 0.717) is 16.8 Å². The second-order valence-corrected chi connectivity index (χ2v) is 3.42. The number of benzene rings is 1. The molecular formula is C11H12N2O3. The fourth-order valence-corrected chi connectivity index (χ4v) is 1.46. The maximum absolute atomic E-state index is 11.3. The van der Waals surface area contributed by atoms with Gasteiger partial charge in [0.1, 0.15) is 0 Å². The van der Waals surface area contributed by atoms with Crippen molar-refractivity contribution >= 4 is 17.0 Å². The summed E-state index contributed by atoms with van der Waals surface area (Å²) in [6, 6.07) is 5.74. The summed E-state index contributed by atoms with van der Waals surface area (Å²) in [7, 11) is 0. The maximum Gasteiger partial charge on any atom is 0.269 e. The van der Waals surface area contributed by atoms with Crippen LogP contribution in [0.1, 0.15) is 19.4 Å². The Hall–Kier alpha value is -2.17. The summed E-state index contributed by atoms with van der Waals surface area (Å²) >= 11 is 0. The smallest absolute Gasteiger partial charge is 0.269 e. The molecule has 0 unspecified atom stereocenters. The van der Waals surface area contributed by atoms with E-state index in [1.54, 1.807) is 6.92 Å².